The van der Waals surface area contributed by atoms with E-state index in [1.54, 1.807) is 0 Å². The predicted octanol–water partition coefficient (Wildman–Crippen LogP) is 2.11. The SMILES string of the molecule is CC1CCN(c2nc3c(cc2C(=O)O)CCC3)C1. The fourth-order valence-electron chi connectivity index (χ4n) is 2.99. The minimum Gasteiger partial charge on any atom is -0.478 e. The van der Waals surface area contributed by atoms with Crippen molar-refractivity contribution in [2.24, 2.45) is 5.92 Å². The molecule has 1 unspecified atom stereocenters. The molecule has 18 heavy (non-hydrogen) atoms. The zero-order valence-corrected chi connectivity index (χ0v) is 10.6. The van der Waals surface area contributed by atoms with Crippen LogP contribution >= 0.6 is 0 Å². The zero-order chi connectivity index (χ0) is 12.7. The lowest BCUT2D eigenvalue weighted by Gasteiger charge is -2.20. The van der Waals surface area contributed by atoms with Crippen molar-refractivity contribution in [2.45, 2.75) is 32.6 Å². The van der Waals surface area contributed by atoms with E-state index in [1.807, 2.05) is 6.07 Å². The summed E-state index contributed by atoms with van der Waals surface area (Å²) in [5.74, 6) is 0.459. The van der Waals surface area contributed by atoms with Gasteiger partial charge in [-0.1, -0.05) is 6.92 Å². The van der Waals surface area contributed by atoms with Gasteiger partial charge >= 0.3 is 5.97 Å². The lowest BCUT2D eigenvalue weighted by Crippen LogP contribution is -2.23. The molecule has 1 fully saturated rings. The molecule has 0 saturated carbocycles. The molecule has 0 amide bonds. The van der Waals surface area contributed by atoms with Crippen LogP contribution in [0.3, 0.4) is 0 Å². The first-order valence-electron chi connectivity index (χ1n) is 6.66. The second kappa shape index (κ2) is 4.26. The Labute approximate surface area is 107 Å². The third-order valence-corrected chi connectivity index (χ3v) is 3.98. The van der Waals surface area contributed by atoms with Gasteiger partial charge in [-0.3, -0.25) is 0 Å². The number of nitrogens with zero attached hydrogens (tertiary/aromatic N) is 2. The molecular formula is C14H18N2O2. The van der Waals surface area contributed by atoms with E-state index in [0.29, 0.717) is 17.3 Å². The summed E-state index contributed by atoms with van der Waals surface area (Å²) in [5, 5.41) is 9.36. The number of aryl methyl sites for hydroxylation is 2. The van der Waals surface area contributed by atoms with Crippen LogP contribution in [0.1, 0.15) is 41.4 Å². The molecule has 4 nitrogen and oxygen atoms in total. The second-order valence-corrected chi connectivity index (χ2v) is 5.46. The molecule has 0 radical (unpaired) electrons. The van der Waals surface area contributed by atoms with E-state index < -0.39 is 5.97 Å². The Kier molecular flexibility index (Phi) is 2.73. The number of hydrogen-bond donors (Lipinski definition) is 1. The molecule has 1 N–H and O–H groups in total. The Morgan fingerprint density at radius 1 is 1.50 bits per heavy atom. The molecule has 0 bridgehead atoms. The van der Waals surface area contributed by atoms with Gasteiger partial charge in [-0.2, -0.15) is 0 Å². The summed E-state index contributed by atoms with van der Waals surface area (Å²) in [5.41, 5.74) is 2.61. The van der Waals surface area contributed by atoms with Crippen molar-refractivity contribution in [3.63, 3.8) is 0 Å². The molecule has 4 heteroatoms. The van der Waals surface area contributed by atoms with Gasteiger partial charge in [0.25, 0.3) is 0 Å². The van der Waals surface area contributed by atoms with Crippen LogP contribution in [-0.4, -0.2) is 29.1 Å². The summed E-state index contributed by atoms with van der Waals surface area (Å²) in [4.78, 5) is 18.2. The van der Waals surface area contributed by atoms with Gasteiger partial charge < -0.3 is 10.0 Å². The van der Waals surface area contributed by atoms with Gasteiger partial charge in [-0.15, -0.1) is 0 Å². The van der Waals surface area contributed by atoms with Gasteiger partial charge in [0, 0.05) is 18.8 Å². The number of hydrogen-bond acceptors (Lipinski definition) is 3. The maximum atomic E-state index is 11.4. The quantitative estimate of drug-likeness (QED) is 0.868. The summed E-state index contributed by atoms with van der Waals surface area (Å²) >= 11 is 0. The first-order chi connectivity index (χ1) is 8.65. The Morgan fingerprint density at radius 2 is 2.33 bits per heavy atom. The highest BCUT2D eigenvalue weighted by atomic mass is 16.4. The number of carbonyl (C=O) groups is 1. The van der Waals surface area contributed by atoms with Crippen molar-refractivity contribution in [3.05, 3.63) is 22.9 Å². The van der Waals surface area contributed by atoms with Gasteiger partial charge in [0.2, 0.25) is 0 Å². The minimum absolute atomic E-state index is 0.379. The number of carboxylic acids is 1. The fraction of sp³-hybridized carbons (Fsp3) is 0.571. The van der Waals surface area contributed by atoms with Crippen LogP contribution < -0.4 is 4.90 Å². The third-order valence-electron chi connectivity index (χ3n) is 3.98. The largest absolute Gasteiger partial charge is 0.478 e. The molecule has 96 valence electrons. The maximum absolute atomic E-state index is 11.4. The molecule has 1 aromatic heterocycles. The van der Waals surface area contributed by atoms with Gasteiger partial charge in [-0.05, 0) is 43.2 Å². The monoisotopic (exact) mass is 246 g/mol. The summed E-state index contributed by atoms with van der Waals surface area (Å²) in [6.07, 6.45) is 4.18. The number of rotatable bonds is 2. The average molecular weight is 246 g/mol. The normalized spacial score (nSPS) is 22.3. The van der Waals surface area contributed by atoms with Crippen LogP contribution in [0.2, 0.25) is 0 Å². The maximum Gasteiger partial charge on any atom is 0.339 e. The molecular weight excluding hydrogens is 228 g/mol. The fourth-order valence-corrected chi connectivity index (χ4v) is 2.99. The molecule has 1 aliphatic carbocycles. The van der Waals surface area contributed by atoms with Crippen molar-refractivity contribution in [1.82, 2.24) is 4.98 Å². The number of aromatic carboxylic acids is 1. The molecule has 2 heterocycles. The van der Waals surface area contributed by atoms with Gasteiger partial charge in [0.15, 0.2) is 0 Å². The number of pyridine rings is 1. The summed E-state index contributed by atoms with van der Waals surface area (Å²) in [6.45, 7) is 4.05. The molecule has 3 rings (SSSR count). The van der Waals surface area contributed by atoms with E-state index in [2.05, 4.69) is 16.8 Å². The average Bonchev–Trinajstić information content (AvgIpc) is 2.94. The molecule has 0 aromatic carbocycles. The van der Waals surface area contributed by atoms with Crippen LogP contribution in [0.5, 0.6) is 0 Å². The van der Waals surface area contributed by atoms with Crippen molar-refractivity contribution in [2.75, 3.05) is 18.0 Å². The van der Waals surface area contributed by atoms with E-state index in [0.717, 1.165) is 50.0 Å². The first-order valence-corrected chi connectivity index (χ1v) is 6.66. The number of fused-ring (bicyclic) bond motifs is 1. The van der Waals surface area contributed by atoms with Gasteiger partial charge in [0.1, 0.15) is 11.4 Å². The van der Waals surface area contributed by atoms with E-state index >= 15 is 0 Å². The Balaban J connectivity index is 2.04. The molecule has 1 atom stereocenters. The Morgan fingerprint density at radius 3 is 3.00 bits per heavy atom. The molecule has 1 saturated heterocycles. The van der Waals surface area contributed by atoms with Gasteiger partial charge in [-0.25, -0.2) is 9.78 Å². The summed E-state index contributed by atoms with van der Waals surface area (Å²) in [7, 11) is 0. The van der Waals surface area contributed by atoms with Crippen molar-refractivity contribution in [3.8, 4) is 0 Å². The van der Waals surface area contributed by atoms with E-state index in [1.165, 1.54) is 0 Å². The standard InChI is InChI=1S/C14H18N2O2/c1-9-5-6-16(8-9)13-11(14(17)18)7-10-3-2-4-12(10)15-13/h7,9H,2-6,8H2,1H3,(H,17,18). The van der Waals surface area contributed by atoms with Crippen LogP contribution in [0.25, 0.3) is 0 Å². The van der Waals surface area contributed by atoms with Crippen LogP contribution in [0.4, 0.5) is 5.82 Å². The predicted molar refractivity (Wildman–Crippen MR) is 69.2 cm³/mol. The zero-order valence-electron chi connectivity index (χ0n) is 10.6. The lowest BCUT2D eigenvalue weighted by molar-refractivity contribution is 0.0697. The van der Waals surface area contributed by atoms with Crippen molar-refractivity contribution in [1.29, 1.82) is 0 Å². The second-order valence-electron chi connectivity index (χ2n) is 5.46. The van der Waals surface area contributed by atoms with E-state index in [4.69, 9.17) is 0 Å². The van der Waals surface area contributed by atoms with E-state index in [-0.39, 0.29) is 0 Å². The molecule has 2 aliphatic rings. The summed E-state index contributed by atoms with van der Waals surface area (Å²) < 4.78 is 0. The Hall–Kier alpha value is -1.58. The Bertz CT molecular complexity index is 499. The number of anilines is 1. The molecule has 1 aliphatic heterocycles. The minimum atomic E-state index is -0.855. The highest BCUT2D eigenvalue weighted by Gasteiger charge is 2.27. The molecule has 0 spiro atoms. The highest BCUT2D eigenvalue weighted by Crippen LogP contribution is 2.30. The lowest BCUT2D eigenvalue weighted by atomic mass is 10.1. The third kappa shape index (κ3) is 1.85. The first kappa shape index (κ1) is 11.5. The molecule has 1 aromatic rings. The topological polar surface area (TPSA) is 53.4 Å². The van der Waals surface area contributed by atoms with Gasteiger partial charge in [0.05, 0.1) is 0 Å². The van der Waals surface area contributed by atoms with Crippen LogP contribution in [-0.2, 0) is 12.8 Å². The highest BCUT2D eigenvalue weighted by molar-refractivity contribution is 5.93. The van der Waals surface area contributed by atoms with Crippen molar-refractivity contribution < 1.29 is 9.90 Å². The summed E-state index contributed by atoms with van der Waals surface area (Å²) in [6, 6.07) is 1.84. The number of aromatic nitrogens is 1. The smallest absolute Gasteiger partial charge is 0.339 e. The number of carboxylic acid groups (broad SMARTS) is 1. The van der Waals surface area contributed by atoms with E-state index in [9.17, 15) is 9.90 Å². The van der Waals surface area contributed by atoms with Crippen LogP contribution in [0.15, 0.2) is 6.07 Å². The van der Waals surface area contributed by atoms with Crippen LogP contribution in [0, 0.1) is 5.92 Å². The van der Waals surface area contributed by atoms with Crippen molar-refractivity contribution >= 4 is 11.8 Å².